The molecule has 0 radical (unpaired) electrons. The summed E-state index contributed by atoms with van der Waals surface area (Å²) >= 11 is 11.9. The first-order valence-corrected chi connectivity index (χ1v) is 6.73. The highest BCUT2D eigenvalue weighted by atomic mass is 35.5. The monoisotopic (exact) mass is 306 g/mol. The Kier molecular flexibility index (Phi) is 4.86. The van der Waals surface area contributed by atoms with Crippen molar-refractivity contribution >= 4 is 28.9 Å². The minimum atomic E-state index is -0.696. The molecule has 102 valence electrons. The number of hydrogen-bond donors (Lipinski definition) is 2. The molecule has 0 bridgehead atoms. The highest BCUT2D eigenvalue weighted by Gasteiger charge is 2.08. The third kappa shape index (κ3) is 3.64. The lowest BCUT2D eigenvalue weighted by molar-refractivity contribution is 0.191. The number of rotatable bonds is 4. The SMILES string of the molecule is N#Cc1ccc(C(O)CNc2cc(Cl)ccc2Cl)cc1. The van der Waals surface area contributed by atoms with E-state index >= 15 is 0 Å². The Labute approximate surface area is 127 Å². The number of hydrogen-bond acceptors (Lipinski definition) is 3. The second-order valence-corrected chi connectivity index (χ2v) is 5.10. The summed E-state index contributed by atoms with van der Waals surface area (Å²) in [6.07, 6.45) is -0.696. The van der Waals surface area contributed by atoms with E-state index in [0.717, 1.165) is 5.56 Å². The lowest BCUT2D eigenvalue weighted by atomic mass is 10.1. The van der Waals surface area contributed by atoms with Crippen LogP contribution in [0.25, 0.3) is 0 Å². The molecule has 0 aromatic heterocycles. The predicted octanol–water partition coefficient (Wildman–Crippen LogP) is 4.01. The number of anilines is 1. The van der Waals surface area contributed by atoms with Crippen LogP contribution in [-0.4, -0.2) is 11.7 Å². The molecular formula is C15H12Cl2N2O. The van der Waals surface area contributed by atoms with Crippen LogP contribution in [0.5, 0.6) is 0 Å². The van der Waals surface area contributed by atoms with Crippen LogP contribution in [-0.2, 0) is 0 Å². The predicted molar refractivity (Wildman–Crippen MR) is 81.1 cm³/mol. The molecule has 0 fully saturated rings. The van der Waals surface area contributed by atoms with Crippen LogP contribution in [0, 0.1) is 11.3 Å². The minimum absolute atomic E-state index is 0.298. The zero-order valence-electron chi connectivity index (χ0n) is 10.5. The van der Waals surface area contributed by atoms with E-state index in [-0.39, 0.29) is 0 Å². The topological polar surface area (TPSA) is 56.0 Å². The summed E-state index contributed by atoms with van der Waals surface area (Å²) in [4.78, 5) is 0. The van der Waals surface area contributed by atoms with Crippen LogP contribution >= 0.6 is 23.2 Å². The van der Waals surface area contributed by atoms with Crippen molar-refractivity contribution in [2.75, 3.05) is 11.9 Å². The summed E-state index contributed by atoms with van der Waals surface area (Å²) in [6.45, 7) is 0.298. The lowest BCUT2D eigenvalue weighted by Gasteiger charge is -2.14. The van der Waals surface area contributed by atoms with Crippen LogP contribution in [0.4, 0.5) is 5.69 Å². The molecule has 0 aliphatic rings. The summed E-state index contributed by atoms with van der Waals surface area (Å²) in [7, 11) is 0. The molecule has 3 nitrogen and oxygen atoms in total. The first kappa shape index (κ1) is 14.7. The Hall–Kier alpha value is -1.73. The van der Waals surface area contributed by atoms with Gasteiger partial charge in [-0.2, -0.15) is 5.26 Å². The third-order valence-electron chi connectivity index (χ3n) is 2.84. The van der Waals surface area contributed by atoms with Crippen molar-refractivity contribution in [3.63, 3.8) is 0 Å². The third-order valence-corrected chi connectivity index (χ3v) is 3.40. The van der Waals surface area contributed by atoms with Crippen molar-refractivity contribution in [2.45, 2.75) is 6.10 Å². The summed E-state index contributed by atoms with van der Waals surface area (Å²) in [6, 6.07) is 13.9. The molecule has 20 heavy (non-hydrogen) atoms. The van der Waals surface area contributed by atoms with Crippen molar-refractivity contribution in [3.05, 3.63) is 63.6 Å². The molecular weight excluding hydrogens is 295 g/mol. The number of aliphatic hydroxyl groups excluding tert-OH is 1. The molecule has 1 atom stereocenters. The maximum atomic E-state index is 10.1. The Morgan fingerprint density at radius 3 is 2.50 bits per heavy atom. The molecule has 2 rings (SSSR count). The van der Waals surface area contributed by atoms with E-state index < -0.39 is 6.10 Å². The lowest BCUT2D eigenvalue weighted by Crippen LogP contribution is -2.12. The normalized spacial score (nSPS) is 11.7. The molecule has 0 spiro atoms. The second kappa shape index (κ2) is 6.62. The van der Waals surface area contributed by atoms with Gasteiger partial charge >= 0.3 is 0 Å². The summed E-state index contributed by atoms with van der Waals surface area (Å²) in [5.41, 5.74) is 1.97. The molecule has 2 N–H and O–H groups in total. The fraction of sp³-hybridized carbons (Fsp3) is 0.133. The van der Waals surface area contributed by atoms with Crippen molar-refractivity contribution in [2.24, 2.45) is 0 Å². The highest BCUT2D eigenvalue weighted by Crippen LogP contribution is 2.26. The Balaban J connectivity index is 2.02. The zero-order chi connectivity index (χ0) is 14.5. The Bertz CT molecular complexity index is 635. The van der Waals surface area contributed by atoms with Gasteiger partial charge in [0.2, 0.25) is 0 Å². The molecule has 0 heterocycles. The van der Waals surface area contributed by atoms with Gasteiger partial charge in [-0.15, -0.1) is 0 Å². The minimum Gasteiger partial charge on any atom is -0.387 e. The highest BCUT2D eigenvalue weighted by molar-refractivity contribution is 6.35. The van der Waals surface area contributed by atoms with E-state index in [1.807, 2.05) is 6.07 Å². The second-order valence-electron chi connectivity index (χ2n) is 4.25. The van der Waals surface area contributed by atoms with Crippen molar-refractivity contribution in [1.82, 2.24) is 0 Å². The molecule has 0 aliphatic heterocycles. The van der Waals surface area contributed by atoms with Gasteiger partial charge in [-0.3, -0.25) is 0 Å². The van der Waals surface area contributed by atoms with E-state index in [0.29, 0.717) is 27.8 Å². The van der Waals surface area contributed by atoms with Crippen molar-refractivity contribution in [1.29, 1.82) is 5.26 Å². The number of aliphatic hydroxyl groups is 1. The molecule has 0 saturated carbocycles. The first-order valence-electron chi connectivity index (χ1n) is 5.97. The number of nitrogens with one attached hydrogen (secondary N) is 1. The molecule has 2 aromatic carbocycles. The van der Waals surface area contributed by atoms with E-state index in [1.165, 1.54) is 0 Å². The van der Waals surface area contributed by atoms with Gasteiger partial charge in [0.1, 0.15) is 0 Å². The number of nitrogens with zero attached hydrogens (tertiary/aromatic N) is 1. The van der Waals surface area contributed by atoms with Gasteiger partial charge in [0.25, 0.3) is 0 Å². The fourth-order valence-electron chi connectivity index (χ4n) is 1.74. The molecule has 1 unspecified atom stereocenters. The quantitative estimate of drug-likeness (QED) is 0.897. The van der Waals surface area contributed by atoms with Crippen molar-refractivity contribution < 1.29 is 5.11 Å². The van der Waals surface area contributed by atoms with Gasteiger partial charge in [0.05, 0.1) is 28.4 Å². The van der Waals surface area contributed by atoms with Crippen LogP contribution in [0.15, 0.2) is 42.5 Å². The average molecular weight is 307 g/mol. The molecule has 5 heteroatoms. The molecule has 0 saturated heterocycles. The summed E-state index contributed by atoms with van der Waals surface area (Å²) < 4.78 is 0. The van der Waals surface area contributed by atoms with Gasteiger partial charge in [-0.1, -0.05) is 35.3 Å². The zero-order valence-corrected chi connectivity index (χ0v) is 12.0. The van der Waals surface area contributed by atoms with Gasteiger partial charge in [-0.25, -0.2) is 0 Å². The Morgan fingerprint density at radius 1 is 1.15 bits per heavy atom. The number of benzene rings is 2. The number of halogens is 2. The van der Waals surface area contributed by atoms with E-state index in [4.69, 9.17) is 28.5 Å². The maximum Gasteiger partial charge on any atom is 0.0991 e. The summed E-state index contributed by atoms with van der Waals surface area (Å²) in [5.74, 6) is 0. The Morgan fingerprint density at radius 2 is 1.85 bits per heavy atom. The first-order chi connectivity index (χ1) is 9.60. The maximum absolute atomic E-state index is 10.1. The smallest absolute Gasteiger partial charge is 0.0991 e. The standard InChI is InChI=1S/C15H12Cl2N2O/c16-12-5-6-13(17)14(7-12)19-9-15(20)11-3-1-10(8-18)2-4-11/h1-7,15,19-20H,9H2. The van der Waals surface area contributed by atoms with Crippen molar-refractivity contribution in [3.8, 4) is 6.07 Å². The van der Waals surface area contributed by atoms with E-state index in [9.17, 15) is 5.11 Å². The van der Waals surface area contributed by atoms with E-state index in [2.05, 4.69) is 5.32 Å². The van der Waals surface area contributed by atoms with E-state index in [1.54, 1.807) is 42.5 Å². The number of nitriles is 1. The van der Waals surface area contributed by atoms with Crippen LogP contribution in [0.1, 0.15) is 17.2 Å². The van der Waals surface area contributed by atoms with Gasteiger partial charge in [0.15, 0.2) is 0 Å². The molecule has 0 aliphatic carbocycles. The fourth-order valence-corrected chi connectivity index (χ4v) is 2.09. The molecule has 0 amide bonds. The largest absolute Gasteiger partial charge is 0.387 e. The average Bonchev–Trinajstić information content (AvgIpc) is 2.48. The van der Waals surface area contributed by atoms with Gasteiger partial charge in [0, 0.05) is 11.6 Å². The van der Waals surface area contributed by atoms with Crippen LogP contribution in [0.3, 0.4) is 0 Å². The van der Waals surface area contributed by atoms with Crippen LogP contribution < -0.4 is 5.32 Å². The van der Waals surface area contributed by atoms with Crippen LogP contribution in [0.2, 0.25) is 10.0 Å². The van der Waals surface area contributed by atoms with Gasteiger partial charge in [-0.05, 0) is 35.9 Å². The molecule has 2 aromatic rings. The van der Waals surface area contributed by atoms with Gasteiger partial charge < -0.3 is 10.4 Å². The summed E-state index contributed by atoms with van der Waals surface area (Å²) in [5, 5.41) is 23.0.